The fourth-order valence-electron chi connectivity index (χ4n) is 14.5. The molecule has 2 N–H and O–H groups in total. The first-order valence-electron chi connectivity index (χ1n) is 35.0. The molecule has 0 bridgehead atoms. The van der Waals surface area contributed by atoms with Crippen LogP contribution in [-0.2, 0) is 56.2 Å². The van der Waals surface area contributed by atoms with Crippen molar-refractivity contribution in [2.75, 3.05) is 40.4 Å². The molecule has 560 valence electrons. The van der Waals surface area contributed by atoms with Crippen LogP contribution in [0, 0.1) is 35.5 Å². The van der Waals surface area contributed by atoms with E-state index in [0.29, 0.717) is 22.7 Å². The highest BCUT2D eigenvalue weighted by atomic mass is 32.2. The van der Waals surface area contributed by atoms with Gasteiger partial charge in [-0.3, -0.25) is 29.1 Å². The largest absolute Gasteiger partial charge is 0.646 e. The van der Waals surface area contributed by atoms with Crippen LogP contribution in [0.1, 0.15) is 79.6 Å². The van der Waals surface area contributed by atoms with E-state index in [2.05, 4.69) is 95.0 Å². The summed E-state index contributed by atoms with van der Waals surface area (Å²) in [6, 6.07) is 16.9. The number of likely N-dealkylation sites (N-methyl/N-ethyl adjacent to an activating group) is 2. The smallest absolute Gasteiger partial charge is 0.477 e. The molecule has 0 unspecified atom stereocenters. The second-order valence-corrected chi connectivity index (χ2v) is 44.0. The number of benzene rings is 2. The maximum Gasteiger partial charge on any atom is 0.646 e. The normalized spacial score (nSPS) is 26.2. The van der Waals surface area contributed by atoms with Gasteiger partial charge in [0.25, 0.3) is 0 Å². The van der Waals surface area contributed by atoms with E-state index in [1.54, 1.807) is 90.7 Å². The lowest BCUT2D eigenvalue weighted by atomic mass is 9.79. The summed E-state index contributed by atoms with van der Waals surface area (Å²) in [5.74, 6) is -4.60. The van der Waals surface area contributed by atoms with Gasteiger partial charge in [0.05, 0.1) is 65.6 Å². The molecule has 4 aromatic rings. The monoisotopic (exact) mass is 1550 g/mol. The first-order chi connectivity index (χ1) is 49.1. The zero-order valence-corrected chi connectivity index (χ0v) is 68.0. The van der Waals surface area contributed by atoms with Crippen LogP contribution in [0.5, 0.6) is 11.5 Å². The van der Waals surface area contributed by atoms with Gasteiger partial charge in [0, 0.05) is 63.5 Å². The Morgan fingerprint density at radius 3 is 1.39 bits per heavy atom. The number of carbonyl (C=O) groups excluding carboxylic acids is 5. The summed E-state index contributed by atoms with van der Waals surface area (Å²) in [5, 5.41) is 23.8. The van der Waals surface area contributed by atoms with Crippen molar-refractivity contribution in [3.63, 3.8) is 0 Å². The van der Waals surface area contributed by atoms with E-state index in [4.69, 9.17) is 41.9 Å². The van der Waals surface area contributed by atoms with Crippen molar-refractivity contribution >= 4 is 117 Å². The summed E-state index contributed by atoms with van der Waals surface area (Å²) in [6.45, 7) is 37.2. The summed E-state index contributed by atoms with van der Waals surface area (Å²) < 4.78 is 56.6. The fourth-order valence-corrected chi connectivity index (χ4v) is 22.6. The van der Waals surface area contributed by atoms with E-state index in [-0.39, 0.29) is 102 Å². The van der Waals surface area contributed by atoms with Gasteiger partial charge in [0.1, 0.15) is 41.9 Å². The number of ether oxygens (including phenoxy) is 2. The van der Waals surface area contributed by atoms with Gasteiger partial charge in [-0.15, -0.1) is 22.7 Å². The Hall–Kier alpha value is -6.74. The van der Waals surface area contributed by atoms with Crippen molar-refractivity contribution in [3.8, 4) is 11.5 Å². The summed E-state index contributed by atoms with van der Waals surface area (Å²) in [5.41, 5.74) is 4.70. The van der Waals surface area contributed by atoms with Crippen LogP contribution >= 0.6 is 54.0 Å². The highest BCUT2D eigenvalue weighted by Gasteiger charge is 2.64. The number of hydrogen-bond donors (Lipinski definition) is 2. The highest BCUT2D eigenvalue weighted by Crippen LogP contribution is 2.59. The topological polar surface area (TPSA) is 267 Å². The number of aliphatic hydroxyl groups is 1. The fraction of sp³-hybridized carbons (Fsp3) is 0.486. The van der Waals surface area contributed by atoms with E-state index in [9.17, 15) is 43.5 Å². The number of thiazole rings is 2. The molecular formula is C74H96N7O16PS4Si2. The van der Waals surface area contributed by atoms with Crippen LogP contribution in [0.4, 0.5) is 0 Å². The van der Waals surface area contributed by atoms with Crippen LogP contribution < -0.4 is 9.05 Å². The molecule has 2 aromatic heterocycles. The van der Waals surface area contributed by atoms with Crippen LogP contribution in [0.15, 0.2) is 150 Å². The molecule has 14 atom stereocenters. The van der Waals surface area contributed by atoms with Gasteiger partial charge >= 0.3 is 25.7 Å². The Kier molecular flexibility index (Phi) is 25.2. The zero-order chi connectivity index (χ0) is 75.8. The van der Waals surface area contributed by atoms with Crippen LogP contribution in [0.2, 0.25) is 39.3 Å². The molecule has 0 aliphatic carbocycles. The Bertz CT molecular complexity index is 4110. The van der Waals surface area contributed by atoms with Gasteiger partial charge in [0.2, 0.25) is 17.7 Å². The molecule has 104 heavy (non-hydrogen) atoms. The van der Waals surface area contributed by atoms with E-state index < -0.39 is 72.3 Å². The molecular weight excluding hydrogens is 1460 g/mol. The Morgan fingerprint density at radius 1 is 0.606 bits per heavy atom. The van der Waals surface area contributed by atoms with Gasteiger partial charge in [-0.05, 0) is 136 Å². The number of aromatic nitrogens is 2. The standard InChI is InChI=1S/C28H34NO8PSi.C26H37N3O4S2Si.C20H25N3O4S2/c1-7-18-33-28(31)25-26(19(2)24-23(27(30)29(24)25)20(3)37-39(4,5)6)36-38(32,34-21-14-10-8-11-15-21)35-22-16-12-9-13-17-22;1-9-12-32-25(31)22-23(16(3)21-20(24(30)29(21)22)17(4)33-36(6,7)8)35-26-27-19(14-34-26)18-10-11-28(5)15(2)13-18;1-9-7-12(5-6-22(9)4)13-8-28-20(21-13)29-17-10(2)15-14(11(3)24)18(25)23(15)16(17)19(26)27/h7-17,19-20,23-24H,1,18H2,2-6H3;9-10,14-17,20-21H,1,11-13H2,2-8H3;5,8-11,14-15,24H,6-7H2,1-4H3,(H,26,27)/t19-,20-,23-,24-;15-,16+,17+,20+,21+;9-,10+,11+,14+,15+/m100/s1. The van der Waals surface area contributed by atoms with Crippen molar-refractivity contribution < 1.29 is 75.4 Å². The number of aliphatic carboxylic acids is 1. The van der Waals surface area contributed by atoms with Crippen LogP contribution in [-0.4, -0.2) is 186 Å². The van der Waals surface area contributed by atoms with Gasteiger partial charge in [-0.2, -0.15) is 4.57 Å². The number of carbonyl (C=O) groups is 6. The molecule has 10 heterocycles. The highest BCUT2D eigenvalue weighted by molar-refractivity contribution is 8.05. The molecule has 23 nitrogen and oxygen atoms in total. The number of amides is 3. The first kappa shape index (κ1) is 79.8. The first-order valence-corrected chi connectivity index (χ1v) is 46.6. The molecule has 30 heteroatoms. The number of carboxylic acids is 1. The third-order valence-corrected chi connectivity index (χ3v) is 27.5. The molecule has 8 aliphatic heterocycles. The minimum absolute atomic E-state index is 0.000288. The zero-order valence-electron chi connectivity index (χ0n) is 61.8. The second-order valence-electron chi connectivity index (χ2n) is 29.4. The van der Waals surface area contributed by atoms with Crippen molar-refractivity contribution in [3.05, 3.63) is 153 Å². The molecule has 0 radical (unpaired) electrons. The number of phosphoric acid groups is 1. The summed E-state index contributed by atoms with van der Waals surface area (Å²) in [6.07, 6.45) is 7.91. The van der Waals surface area contributed by atoms with Gasteiger partial charge in [0.15, 0.2) is 31.0 Å². The maximum atomic E-state index is 14.2. The van der Waals surface area contributed by atoms with Crippen molar-refractivity contribution in [2.45, 2.75) is 165 Å². The van der Waals surface area contributed by atoms with Crippen molar-refractivity contribution in [1.29, 1.82) is 0 Å². The van der Waals surface area contributed by atoms with Crippen LogP contribution in [0.25, 0.3) is 11.1 Å². The van der Waals surface area contributed by atoms with Gasteiger partial charge < -0.3 is 51.9 Å². The molecule has 0 saturated carbocycles. The molecule has 3 saturated heterocycles. The average molecular weight is 1560 g/mol. The third-order valence-electron chi connectivity index (χ3n) is 19.6. The number of hydrogen-bond acceptors (Lipinski definition) is 23. The number of para-hydroxylation sites is 2. The van der Waals surface area contributed by atoms with E-state index in [0.717, 1.165) is 50.9 Å². The predicted octanol–water partition coefficient (Wildman–Crippen LogP) is 13.4. The number of nitrogens with zero attached hydrogens (tertiary/aromatic N) is 7. The number of carboxylic acid groups (broad SMARTS) is 1. The van der Waals surface area contributed by atoms with Crippen LogP contribution in [0.3, 0.4) is 0 Å². The lowest BCUT2D eigenvalue weighted by molar-refractivity contribution is -0.163. The number of esters is 2. The molecule has 2 aromatic carbocycles. The molecule has 8 aliphatic rings. The number of β-lactam (4-membered cyclic amide) rings is 3. The van der Waals surface area contributed by atoms with Gasteiger partial charge in [-0.1, -0.05) is 118 Å². The van der Waals surface area contributed by atoms with E-state index in [1.165, 1.54) is 68.0 Å². The number of aliphatic hydroxyl groups excluding tert-OH is 1. The van der Waals surface area contributed by atoms with E-state index >= 15 is 0 Å². The number of phosphoric ester groups is 1. The Labute approximate surface area is 628 Å². The molecule has 3 amide bonds. The summed E-state index contributed by atoms with van der Waals surface area (Å²) in [7, 11) is -3.97. The molecule has 12 rings (SSSR count). The number of thioether (sulfide) groups is 2. The molecule has 3 fully saturated rings. The summed E-state index contributed by atoms with van der Waals surface area (Å²) >= 11 is 5.90. The minimum atomic E-state index is -4.42. The quantitative estimate of drug-likeness (QED) is 0.0194. The van der Waals surface area contributed by atoms with Gasteiger partial charge in [-0.25, -0.2) is 24.4 Å². The number of rotatable bonds is 26. The Morgan fingerprint density at radius 2 is 0.990 bits per heavy atom. The third kappa shape index (κ3) is 17.1. The summed E-state index contributed by atoms with van der Waals surface area (Å²) in [4.78, 5) is 97.5. The van der Waals surface area contributed by atoms with E-state index in [1.807, 2.05) is 45.8 Å². The number of fused-ring (bicyclic) bond motifs is 3. The predicted molar refractivity (Wildman–Crippen MR) is 409 cm³/mol. The lowest BCUT2D eigenvalue weighted by Gasteiger charge is -2.48. The average Bonchev–Trinajstić information content (AvgIpc) is 1.56. The lowest BCUT2D eigenvalue weighted by Crippen LogP contribution is -2.64. The second kappa shape index (κ2) is 32.8. The maximum absolute atomic E-state index is 14.2. The SMILES string of the molecule is C=CCOC(=O)C1=C(OP(=O)(Oc2ccccc2)Oc2ccccc2)[C@H](C)[C@@H]2[C@@H]([C@@H](C)O[Si](C)(C)C)C(=O)N12.C=CCOC(=O)C1=C(Sc2nc(C3=CCN(C)[C@@H](C)C3)cs2)[C@H](C)[C@@H]2[C@@H]([C@@H](C)O[Si](C)(C)C)C(=O)N12.C[C@@H](O)[C@H]1C(=O)N2C(C(=O)O)=C(Sc3nc(C4=CCN(C)[C@@H](C)C4)cs3)[C@H](C)[C@H]12. The van der Waals surface area contributed by atoms with Crippen molar-refractivity contribution in [1.82, 2.24) is 34.5 Å². The minimum Gasteiger partial charge on any atom is -0.477 e. The van der Waals surface area contributed by atoms with Crippen molar-refractivity contribution in [2.24, 2.45) is 35.5 Å². The molecule has 0 spiro atoms. The Balaban J connectivity index is 0.000000169.